The second-order valence-corrected chi connectivity index (χ2v) is 8.43. The average Bonchev–Trinajstić information content (AvgIpc) is 3.20. The van der Waals surface area contributed by atoms with Crippen LogP contribution in [0.4, 0.5) is 27.5 Å². The van der Waals surface area contributed by atoms with Crippen molar-refractivity contribution in [2.45, 2.75) is 32.2 Å². The van der Waals surface area contributed by atoms with Crippen LogP contribution in [0.15, 0.2) is 24.4 Å². The van der Waals surface area contributed by atoms with Gasteiger partial charge in [-0.15, -0.1) is 24.8 Å². The fourth-order valence-corrected chi connectivity index (χ4v) is 4.40. The fraction of sp³-hybridized carbons (Fsp3) is 0.500. The molecule has 3 N–H and O–H groups in total. The molecule has 1 aliphatic carbocycles. The van der Waals surface area contributed by atoms with E-state index in [1.165, 1.54) is 5.69 Å². The lowest BCUT2D eigenvalue weighted by molar-refractivity contribution is -0.141. The molecular formula is C22H31Cl2FN6O2. The van der Waals surface area contributed by atoms with Gasteiger partial charge in [0.05, 0.1) is 12.1 Å². The summed E-state index contributed by atoms with van der Waals surface area (Å²) in [6, 6.07) is 5.75. The van der Waals surface area contributed by atoms with E-state index in [1.807, 2.05) is 12.1 Å². The SMILES string of the molecule is Cc1cc(Nc2ncc(F)c(N[C@@H]3CCC[C@@H]3C(=O)O)n2)ccc1N1CCN(C)CC1.Cl.Cl. The lowest BCUT2D eigenvalue weighted by atomic mass is 10.0. The number of carboxylic acid groups (broad SMARTS) is 1. The highest BCUT2D eigenvalue weighted by atomic mass is 35.5. The van der Waals surface area contributed by atoms with Gasteiger partial charge < -0.3 is 25.5 Å². The number of carboxylic acids is 1. The molecule has 2 fully saturated rings. The zero-order valence-electron chi connectivity index (χ0n) is 18.8. The number of benzene rings is 1. The zero-order chi connectivity index (χ0) is 22.0. The van der Waals surface area contributed by atoms with E-state index in [0.717, 1.165) is 50.0 Å². The lowest BCUT2D eigenvalue weighted by Crippen LogP contribution is -2.44. The molecule has 1 aromatic heterocycles. The Bertz CT molecular complexity index is 958. The molecule has 2 heterocycles. The number of carbonyl (C=O) groups is 1. The normalized spacial score (nSPS) is 20.5. The third-order valence-corrected chi connectivity index (χ3v) is 6.20. The third kappa shape index (κ3) is 6.37. The molecule has 0 unspecified atom stereocenters. The van der Waals surface area contributed by atoms with Gasteiger partial charge in [0, 0.05) is 43.6 Å². The van der Waals surface area contributed by atoms with Gasteiger partial charge >= 0.3 is 5.97 Å². The van der Waals surface area contributed by atoms with Crippen molar-refractivity contribution in [3.8, 4) is 0 Å². The number of aromatic nitrogens is 2. The highest BCUT2D eigenvalue weighted by molar-refractivity contribution is 5.85. The predicted octanol–water partition coefficient (Wildman–Crippen LogP) is 3.93. The van der Waals surface area contributed by atoms with Gasteiger partial charge in [-0.05, 0) is 50.6 Å². The van der Waals surface area contributed by atoms with Crippen molar-refractivity contribution < 1.29 is 14.3 Å². The van der Waals surface area contributed by atoms with E-state index < -0.39 is 17.7 Å². The Hall–Kier alpha value is -2.36. The van der Waals surface area contributed by atoms with Crippen LogP contribution in [0.1, 0.15) is 24.8 Å². The first-order valence-corrected chi connectivity index (χ1v) is 10.7. The molecule has 1 aliphatic heterocycles. The van der Waals surface area contributed by atoms with Crippen LogP contribution >= 0.6 is 24.8 Å². The molecule has 2 aliphatic rings. The third-order valence-electron chi connectivity index (χ3n) is 6.20. The number of halogens is 3. The van der Waals surface area contributed by atoms with Crippen molar-refractivity contribution in [1.82, 2.24) is 14.9 Å². The van der Waals surface area contributed by atoms with Crippen LogP contribution in [-0.4, -0.2) is 65.2 Å². The number of nitrogens with one attached hydrogen (secondary N) is 2. The van der Waals surface area contributed by atoms with E-state index in [1.54, 1.807) is 0 Å². The molecule has 4 rings (SSSR count). The van der Waals surface area contributed by atoms with Crippen molar-refractivity contribution >= 4 is 53.9 Å². The summed E-state index contributed by atoms with van der Waals surface area (Å²) in [6.45, 7) is 6.16. The van der Waals surface area contributed by atoms with E-state index in [2.05, 4.69) is 50.4 Å². The Morgan fingerprint density at radius 3 is 2.58 bits per heavy atom. The summed E-state index contributed by atoms with van der Waals surface area (Å²) >= 11 is 0. The minimum Gasteiger partial charge on any atom is -0.481 e. The summed E-state index contributed by atoms with van der Waals surface area (Å²) in [5, 5.41) is 15.5. The molecule has 182 valence electrons. The van der Waals surface area contributed by atoms with E-state index in [9.17, 15) is 14.3 Å². The molecule has 1 aromatic carbocycles. The van der Waals surface area contributed by atoms with Gasteiger partial charge in [0.25, 0.3) is 0 Å². The van der Waals surface area contributed by atoms with E-state index in [0.29, 0.717) is 12.8 Å². The van der Waals surface area contributed by atoms with Gasteiger partial charge in [0.1, 0.15) is 0 Å². The molecule has 2 aromatic rings. The Kier molecular flexibility index (Phi) is 9.51. The molecule has 0 spiro atoms. The largest absolute Gasteiger partial charge is 0.481 e. The standard InChI is InChI=1S/C22H29FN6O2.2ClH/c1-14-12-15(6-7-19(14)29-10-8-28(2)9-11-29)25-22-24-13-17(23)20(27-22)26-18-5-3-4-16(18)21(30)31;;/h6-7,12-13,16,18H,3-5,8-11H2,1-2H3,(H,30,31)(H2,24,25,26,27);2*1H/t16-,18+;;/m0../s1. The molecular weight excluding hydrogens is 470 g/mol. The van der Waals surface area contributed by atoms with Crippen molar-refractivity contribution in [1.29, 1.82) is 0 Å². The van der Waals surface area contributed by atoms with E-state index in [4.69, 9.17) is 0 Å². The van der Waals surface area contributed by atoms with Crippen LogP contribution in [0.25, 0.3) is 0 Å². The fourth-order valence-electron chi connectivity index (χ4n) is 4.40. The summed E-state index contributed by atoms with van der Waals surface area (Å²) < 4.78 is 14.3. The minimum absolute atomic E-state index is 0. The molecule has 8 nitrogen and oxygen atoms in total. The van der Waals surface area contributed by atoms with Crippen LogP contribution < -0.4 is 15.5 Å². The highest BCUT2D eigenvalue weighted by Gasteiger charge is 2.33. The number of nitrogens with zero attached hydrogens (tertiary/aromatic N) is 4. The first-order chi connectivity index (χ1) is 14.9. The molecule has 11 heteroatoms. The quantitative estimate of drug-likeness (QED) is 0.549. The van der Waals surface area contributed by atoms with Crippen molar-refractivity contribution in [2.24, 2.45) is 5.92 Å². The van der Waals surface area contributed by atoms with Gasteiger partial charge in [-0.25, -0.2) is 9.37 Å². The van der Waals surface area contributed by atoms with Gasteiger partial charge in [0.2, 0.25) is 5.95 Å². The first kappa shape index (κ1) is 26.9. The second kappa shape index (κ2) is 11.7. The molecule has 33 heavy (non-hydrogen) atoms. The van der Waals surface area contributed by atoms with E-state index >= 15 is 0 Å². The predicted molar refractivity (Wildman–Crippen MR) is 133 cm³/mol. The Morgan fingerprint density at radius 2 is 1.91 bits per heavy atom. The monoisotopic (exact) mass is 500 g/mol. The van der Waals surface area contributed by atoms with Crippen LogP contribution in [0.2, 0.25) is 0 Å². The summed E-state index contributed by atoms with van der Waals surface area (Å²) in [6.07, 6.45) is 3.17. The highest BCUT2D eigenvalue weighted by Crippen LogP contribution is 2.30. The number of piperazine rings is 1. The number of aryl methyl sites for hydroxylation is 1. The van der Waals surface area contributed by atoms with Crippen molar-refractivity contribution in [3.05, 3.63) is 35.8 Å². The molecule has 0 radical (unpaired) electrons. The van der Waals surface area contributed by atoms with Crippen molar-refractivity contribution in [2.75, 3.05) is 48.8 Å². The smallest absolute Gasteiger partial charge is 0.308 e. The number of anilines is 4. The van der Waals surface area contributed by atoms with Crippen LogP contribution in [0.3, 0.4) is 0 Å². The number of aliphatic carboxylic acids is 1. The van der Waals surface area contributed by atoms with Crippen molar-refractivity contribution in [3.63, 3.8) is 0 Å². The maximum absolute atomic E-state index is 14.3. The molecule has 0 bridgehead atoms. The van der Waals surface area contributed by atoms with Crippen LogP contribution in [0.5, 0.6) is 0 Å². The Labute approximate surface area is 205 Å². The maximum Gasteiger partial charge on any atom is 0.308 e. The summed E-state index contributed by atoms with van der Waals surface area (Å²) in [7, 11) is 2.14. The average molecular weight is 501 g/mol. The lowest BCUT2D eigenvalue weighted by Gasteiger charge is -2.35. The molecule has 1 saturated carbocycles. The first-order valence-electron chi connectivity index (χ1n) is 10.7. The summed E-state index contributed by atoms with van der Waals surface area (Å²) in [5.41, 5.74) is 3.17. The summed E-state index contributed by atoms with van der Waals surface area (Å²) in [5.74, 6) is -1.69. The Morgan fingerprint density at radius 1 is 1.18 bits per heavy atom. The minimum atomic E-state index is -0.862. The van der Waals surface area contributed by atoms with Crippen LogP contribution in [-0.2, 0) is 4.79 Å². The van der Waals surface area contributed by atoms with E-state index in [-0.39, 0.29) is 42.6 Å². The zero-order valence-corrected chi connectivity index (χ0v) is 20.4. The maximum atomic E-state index is 14.3. The van der Waals surface area contributed by atoms with Crippen LogP contribution in [0, 0.1) is 18.7 Å². The molecule has 0 amide bonds. The number of likely N-dealkylation sites (N-methyl/N-ethyl adjacent to an activating group) is 1. The summed E-state index contributed by atoms with van der Waals surface area (Å²) in [4.78, 5) is 24.4. The topological polar surface area (TPSA) is 93.6 Å². The molecule has 2 atom stereocenters. The number of hydrogen-bond donors (Lipinski definition) is 3. The number of rotatable bonds is 6. The number of hydrogen-bond acceptors (Lipinski definition) is 7. The van der Waals surface area contributed by atoms with Gasteiger partial charge in [-0.1, -0.05) is 6.42 Å². The Balaban J connectivity index is 0.00000193. The second-order valence-electron chi connectivity index (χ2n) is 8.43. The molecule has 1 saturated heterocycles. The van der Waals surface area contributed by atoms with Gasteiger partial charge in [-0.3, -0.25) is 4.79 Å². The van der Waals surface area contributed by atoms with Gasteiger partial charge in [-0.2, -0.15) is 4.98 Å². The van der Waals surface area contributed by atoms with Gasteiger partial charge in [0.15, 0.2) is 11.6 Å².